The van der Waals surface area contributed by atoms with Crippen molar-refractivity contribution in [1.29, 1.82) is 0 Å². The minimum Gasteiger partial charge on any atom is -0.529 e. The Kier molecular flexibility index (Phi) is 45.2. The van der Waals surface area contributed by atoms with Gasteiger partial charge in [0.15, 0.2) is 0 Å². The quantitative estimate of drug-likeness (QED) is 0.173. The van der Waals surface area contributed by atoms with Crippen LogP contribution in [0, 0.1) is 39.9 Å². The Morgan fingerprint density at radius 1 is 0.410 bits per heavy atom. The van der Waals surface area contributed by atoms with Gasteiger partial charge in [-0.2, -0.15) is 6.67 Å². The maximum Gasteiger partial charge on any atom is 2.00 e. The molecule has 3 N–H and O–H groups in total. The van der Waals surface area contributed by atoms with Crippen LogP contribution in [0.15, 0.2) is 147 Å². The molecule has 9 rings (SSSR count). The van der Waals surface area contributed by atoms with E-state index in [1.165, 1.54) is 19.3 Å². The van der Waals surface area contributed by atoms with Gasteiger partial charge in [0.2, 0.25) is 0 Å². The van der Waals surface area contributed by atoms with E-state index < -0.39 is 17.9 Å². The first-order chi connectivity index (χ1) is 35.9. The Hall–Kier alpha value is -5.84. The van der Waals surface area contributed by atoms with Crippen LogP contribution in [0.1, 0.15) is 77.9 Å². The van der Waals surface area contributed by atoms with Crippen molar-refractivity contribution >= 4 is 17.9 Å². The maximum absolute atomic E-state index is 10.1. The minimum atomic E-state index is -0.848. The number of carbonyl (C=O) groups is 3. The van der Waals surface area contributed by atoms with Crippen molar-refractivity contribution in [3.8, 4) is 0 Å². The number of likely N-dealkylation sites (N-methyl/N-ethyl adjacent to an activating group) is 1. The Bertz CT molecular complexity index is 1870. The van der Waals surface area contributed by atoms with E-state index in [2.05, 4.69) is 98.0 Å². The molecule has 1 unspecified atom stereocenters. The first kappa shape index (κ1) is 76.4. The van der Waals surface area contributed by atoms with E-state index in [4.69, 9.17) is 15.3 Å². The Morgan fingerprint density at radius 3 is 0.859 bits per heavy atom. The van der Waals surface area contributed by atoms with Gasteiger partial charge in [-0.05, 0) is 122 Å². The number of carboxylic acids is 3. The fourth-order valence-electron chi connectivity index (χ4n) is 5.65. The van der Waals surface area contributed by atoms with Crippen molar-refractivity contribution < 1.29 is 92.9 Å². The molecule has 0 aliphatic carbocycles. The fourth-order valence-corrected chi connectivity index (χ4v) is 5.65. The number of rotatable bonds is 9. The van der Waals surface area contributed by atoms with Gasteiger partial charge in [0.05, 0.1) is 36.3 Å². The summed E-state index contributed by atoms with van der Waals surface area (Å²) in [7, 11) is 12.1. The summed E-state index contributed by atoms with van der Waals surface area (Å²) in [5.41, 5.74) is 1.78. The number of hydrogen-bond acceptors (Lipinski definition) is 17. The molecule has 0 fully saturated rings. The summed E-state index contributed by atoms with van der Waals surface area (Å²) in [5, 5.41) is 33.0. The van der Waals surface area contributed by atoms with E-state index in [9.17, 15) is 14.4 Å². The summed E-state index contributed by atoms with van der Waals surface area (Å²) in [6.07, 6.45) is 32.9. The third-order valence-electron chi connectivity index (χ3n) is 8.77. The van der Waals surface area contributed by atoms with Crippen molar-refractivity contribution in [2.45, 2.75) is 86.1 Å². The Labute approximate surface area is 509 Å². The predicted octanol–water partition coefficient (Wildman–Crippen LogP) is 8.34. The van der Waals surface area contributed by atoms with Gasteiger partial charge in [-0.3, -0.25) is 29.3 Å². The third-order valence-corrected chi connectivity index (χ3v) is 8.77. The van der Waals surface area contributed by atoms with Crippen LogP contribution >= 0.6 is 0 Å². The zero-order valence-corrected chi connectivity index (χ0v) is 53.7. The summed E-state index contributed by atoms with van der Waals surface area (Å²) in [6.45, 7) is 25.0. The summed E-state index contributed by atoms with van der Waals surface area (Å²) < 4.78 is 0. The van der Waals surface area contributed by atoms with Gasteiger partial charge >= 0.3 is 81.1 Å². The number of aliphatic carboxylic acids is 3. The number of hydrazine groups is 2. The van der Waals surface area contributed by atoms with E-state index >= 15 is 0 Å². The number of hydrogen-bond donors (Lipinski definition) is 3. The van der Waals surface area contributed by atoms with Crippen LogP contribution < -0.4 is 0 Å². The van der Waals surface area contributed by atoms with E-state index in [1.807, 2.05) is 169 Å². The average molecular weight is 1620 g/mol. The standard InChI is InChI=1S/C9H13N3.2C8H12N4.3C7H7NO2.3C3H8.3Pt/c1-10-4-3-9(7-10)12-6-5-11(2)8-12;2*1-9-3-5-11(7-9)12-6-4-10(2)8-12;3*9-7(10)5-6-3-1-2-4-8-6;3*1-3-2;;;/h3-9H,1-2H3;2*3-8H,1-2H3;3*1-4H,5H2,(H,9,10);3*3H2,1-2H3;;;/q3*-2;;;;;;;3*+2. The minimum absolute atomic E-state index is 0. The van der Waals surface area contributed by atoms with Crippen molar-refractivity contribution in [3.05, 3.63) is 204 Å². The second-order valence-corrected chi connectivity index (χ2v) is 16.8. The molecule has 0 bridgehead atoms. The number of aromatic nitrogens is 3. The molecule has 0 spiro atoms. The van der Waals surface area contributed by atoms with Crippen molar-refractivity contribution in [1.82, 2.24) is 69.3 Å². The van der Waals surface area contributed by atoms with Gasteiger partial charge in [-0.25, -0.2) is 6.54 Å². The van der Waals surface area contributed by atoms with Crippen LogP contribution in [0.3, 0.4) is 0 Å². The first-order valence-corrected chi connectivity index (χ1v) is 24.6. The Balaban J connectivity index is -0.000000834. The molecule has 0 saturated heterocycles. The van der Waals surface area contributed by atoms with Crippen LogP contribution in [-0.4, -0.2) is 151 Å². The summed E-state index contributed by atoms with van der Waals surface area (Å²) in [4.78, 5) is 56.2. The second-order valence-electron chi connectivity index (χ2n) is 16.8. The molecule has 0 amide bonds. The molecule has 0 saturated carbocycles. The van der Waals surface area contributed by atoms with Crippen molar-refractivity contribution in [2.24, 2.45) is 0 Å². The maximum atomic E-state index is 10.1. The van der Waals surface area contributed by atoms with Crippen LogP contribution in [-0.2, 0) is 96.8 Å². The fraction of sp³-hybridized carbons (Fsp3) is 0.345. The second kappa shape index (κ2) is 46.1. The zero-order valence-electron chi connectivity index (χ0n) is 46.9. The van der Waals surface area contributed by atoms with Gasteiger partial charge in [0.1, 0.15) is 0 Å². The summed E-state index contributed by atoms with van der Waals surface area (Å²) in [5.74, 6) is -2.55. The zero-order chi connectivity index (χ0) is 56.0. The molecule has 0 radical (unpaired) electrons. The predicted molar refractivity (Wildman–Crippen MR) is 295 cm³/mol. The van der Waals surface area contributed by atoms with Crippen molar-refractivity contribution in [2.75, 3.05) is 42.3 Å². The molecule has 23 heteroatoms. The molecule has 1 atom stereocenters. The molecule has 438 valence electrons. The average Bonchev–Trinajstić information content (AvgIpc) is 4.25. The van der Waals surface area contributed by atoms with Crippen LogP contribution in [0.5, 0.6) is 0 Å². The van der Waals surface area contributed by atoms with Gasteiger partial charge in [-0.15, -0.1) is 26.7 Å². The molecule has 6 aliphatic heterocycles. The number of pyridine rings is 3. The summed E-state index contributed by atoms with van der Waals surface area (Å²) >= 11 is 0. The molecule has 6 aliphatic rings. The van der Waals surface area contributed by atoms with E-state index in [-0.39, 0.29) is 82.5 Å². The molecular formula is C55H82N14O6Pt3. The smallest absolute Gasteiger partial charge is 0.529 e. The van der Waals surface area contributed by atoms with Gasteiger partial charge in [0.25, 0.3) is 0 Å². The van der Waals surface area contributed by atoms with E-state index in [0.29, 0.717) is 23.1 Å². The molecular weight excluding hydrogens is 1540 g/mol. The normalized spacial score (nSPS) is 15.2. The molecule has 9 heterocycles. The van der Waals surface area contributed by atoms with E-state index in [1.54, 1.807) is 73.2 Å². The molecule has 20 nitrogen and oxygen atoms in total. The van der Waals surface area contributed by atoms with Gasteiger partial charge in [0, 0.05) is 43.4 Å². The number of nitrogens with zero attached hydrogens (tertiary/aromatic N) is 14. The van der Waals surface area contributed by atoms with Crippen LogP contribution in [0.2, 0.25) is 0 Å². The third kappa shape index (κ3) is 36.3. The van der Waals surface area contributed by atoms with Gasteiger partial charge in [-0.1, -0.05) is 91.1 Å². The Morgan fingerprint density at radius 2 is 0.679 bits per heavy atom. The largest absolute Gasteiger partial charge is 2.00 e. The molecule has 78 heavy (non-hydrogen) atoms. The van der Waals surface area contributed by atoms with Crippen LogP contribution in [0.4, 0.5) is 0 Å². The van der Waals surface area contributed by atoms with E-state index in [0.717, 1.165) is 0 Å². The van der Waals surface area contributed by atoms with Gasteiger partial charge < -0.3 is 69.7 Å². The molecule has 0 aromatic carbocycles. The molecule has 3 aromatic heterocycles. The topological polar surface area (TPSA) is 186 Å². The first-order valence-electron chi connectivity index (χ1n) is 24.6. The summed E-state index contributed by atoms with van der Waals surface area (Å²) in [6, 6.07) is 16.0. The van der Waals surface area contributed by atoms with Crippen molar-refractivity contribution in [3.63, 3.8) is 0 Å². The SMILES string of the molecule is CCC.CCC.CCC.CN1C=CC(N2C=CN(C)[CH-]2)[CH-]1.CN1C=CN(N2C=CN(C)[CH-]2)[CH-]1.CN1C=CN(N2C=CN(C)[CH-]2)[CH-]1.O=C(O)Cc1ccccn1.O=C(O)Cc1ccccn1.O=C(O)Cc1ccccn1.[Pt+2].[Pt+2].[Pt+2]. The van der Waals surface area contributed by atoms with Crippen LogP contribution in [0.25, 0.3) is 0 Å². The molecule has 3 aromatic rings. The monoisotopic (exact) mass is 1620 g/mol. The number of carboxylic acid groups (broad SMARTS) is 3.